The normalized spacial score (nSPS) is 11.1. The van der Waals surface area contributed by atoms with Crippen molar-refractivity contribution in [3.05, 3.63) is 54.2 Å². The molecule has 0 saturated heterocycles. The number of methoxy groups -OCH3 is 2. The molecule has 0 unspecified atom stereocenters. The lowest BCUT2D eigenvalue weighted by molar-refractivity contribution is 0.405. The highest BCUT2D eigenvalue weighted by atomic mass is 127. The smallest absolute Gasteiger partial charge is 0.193 e. The summed E-state index contributed by atoms with van der Waals surface area (Å²) in [5.41, 5.74) is 8.98. The third kappa shape index (κ3) is 4.81. The van der Waals surface area contributed by atoms with E-state index >= 15 is 0 Å². The van der Waals surface area contributed by atoms with Crippen LogP contribution in [0.5, 0.6) is 11.5 Å². The van der Waals surface area contributed by atoms with Gasteiger partial charge >= 0.3 is 0 Å². The number of nitrogens with one attached hydrogen (secondary N) is 2. The highest BCUT2D eigenvalue weighted by molar-refractivity contribution is 14.0. The minimum atomic E-state index is 0. The molecule has 6 nitrogen and oxygen atoms in total. The van der Waals surface area contributed by atoms with E-state index < -0.39 is 0 Å². The number of H-pyrrole nitrogens is 1. The Kier molecular flexibility index (Phi) is 7.14. The molecule has 3 rings (SSSR count). The number of halogens is 1. The second-order valence-electron chi connectivity index (χ2n) is 5.59. The number of nitrogens with two attached hydrogens (primary N) is 1. The van der Waals surface area contributed by atoms with E-state index in [4.69, 9.17) is 15.2 Å². The first-order valence-electron chi connectivity index (χ1n) is 8.05. The molecule has 0 radical (unpaired) electrons. The molecule has 0 bridgehead atoms. The lowest BCUT2D eigenvalue weighted by atomic mass is 10.2. The van der Waals surface area contributed by atoms with Crippen LogP contribution in [0, 0.1) is 0 Å². The molecule has 0 aliphatic carbocycles. The summed E-state index contributed by atoms with van der Waals surface area (Å²) in [6.45, 7) is 0.581. The van der Waals surface area contributed by atoms with Gasteiger partial charge in [0.25, 0.3) is 0 Å². The molecule has 1 aromatic heterocycles. The summed E-state index contributed by atoms with van der Waals surface area (Å²) >= 11 is 0. The lowest BCUT2D eigenvalue weighted by Gasteiger charge is -2.12. The molecule has 4 N–H and O–H groups in total. The number of fused-ring (bicyclic) bond motifs is 1. The van der Waals surface area contributed by atoms with Crippen LogP contribution in [0.25, 0.3) is 10.9 Å². The van der Waals surface area contributed by atoms with E-state index in [1.807, 2.05) is 30.3 Å². The zero-order valence-corrected chi connectivity index (χ0v) is 17.1. The first kappa shape index (κ1) is 19.9. The van der Waals surface area contributed by atoms with Crippen LogP contribution in [0.15, 0.2) is 53.5 Å². The topological polar surface area (TPSA) is 84.7 Å². The molecule has 0 saturated carbocycles. The number of anilines is 1. The summed E-state index contributed by atoms with van der Waals surface area (Å²) in [6.07, 6.45) is 0.784. The Morgan fingerprint density at radius 2 is 1.92 bits per heavy atom. The second kappa shape index (κ2) is 9.33. The molecule has 26 heavy (non-hydrogen) atoms. The van der Waals surface area contributed by atoms with Crippen LogP contribution in [0.2, 0.25) is 0 Å². The molecule has 1 heterocycles. The van der Waals surface area contributed by atoms with Crippen molar-refractivity contribution in [3.8, 4) is 11.5 Å². The highest BCUT2D eigenvalue weighted by Crippen LogP contribution is 2.28. The molecule has 2 aromatic carbocycles. The number of para-hydroxylation sites is 1. The SMILES string of the molecule is COc1ccc(OC)c(NC(N)=NCCc2cc3ccccc3[nH]2)c1.I. The number of aliphatic imine (C=N–C) groups is 1. The Hall–Kier alpha value is -2.42. The number of guanidine groups is 1. The van der Waals surface area contributed by atoms with Crippen LogP contribution >= 0.6 is 24.0 Å². The number of nitrogens with zero attached hydrogens (tertiary/aromatic N) is 1. The number of aromatic nitrogens is 1. The van der Waals surface area contributed by atoms with Crippen LogP contribution in [-0.2, 0) is 6.42 Å². The number of hydrogen-bond acceptors (Lipinski definition) is 3. The monoisotopic (exact) mass is 466 g/mol. The van der Waals surface area contributed by atoms with Crippen LogP contribution < -0.4 is 20.5 Å². The van der Waals surface area contributed by atoms with Gasteiger partial charge in [0, 0.05) is 30.2 Å². The number of rotatable bonds is 6. The Bertz CT molecular complexity index is 859. The average molecular weight is 466 g/mol. The van der Waals surface area contributed by atoms with Gasteiger partial charge in [0.2, 0.25) is 0 Å². The van der Waals surface area contributed by atoms with Gasteiger partial charge in [0.05, 0.1) is 19.9 Å². The standard InChI is InChI=1S/C19H22N4O2.HI/c1-24-15-7-8-18(25-2)17(12-15)23-19(20)21-10-9-14-11-13-5-3-4-6-16(13)22-14;/h3-8,11-12,22H,9-10H2,1-2H3,(H3,20,21,23);1H. The third-order valence-electron chi connectivity index (χ3n) is 3.92. The maximum atomic E-state index is 5.99. The van der Waals surface area contributed by atoms with Crippen molar-refractivity contribution in [1.82, 2.24) is 4.98 Å². The maximum Gasteiger partial charge on any atom is 0.193 e. The summed E-state index contributed by atoms with van der Waals surface area (Å²) in [4.78, 5) is 7.77. The highest BCUT2D eigenvalue weighted by Gasteiger charge is 2.06. The fourth-order valence-corrected chi connectivity index (χ4v) is 2.65. The molecule has 0 aliphatic heterocycles. The van der Waals surface area contributed by atoms with Crippen molar-refractivity contribution >= 4 is 46.5 Å². The molecule has 7 heteroatoms. The van der Waals surface area contributed by atoms with E-state index in [9.17, 15) is 0 Å². The van der Waals surface area contributed by atoms with E-state index in [1.165, 1.54) is 5.39 Å². The van der Waals surface area contributed by atoms with E-state index in [0.29, 0.717) is 29.7 Å². The van der Waals surface area contributed by atoms with Gasteiger partial charge in [-0.1, -0.05) is 18.2 Å². The van der Waals surface area contributed by atoms with Crippen molar-refractivity contribution < 1.29 is 9.47 Å². The van der Waals surface area contributed by atoms with Crippen LogP contribution in [-0.4, -0.2) is 31.7 Å². The molecule has 0 amide bonds. The predicted octanol–water partition coefficient (Wildman–Crippen LogP) is 3.77. The fraction of sp³-hybridized carbons (Fsp3) is 0.211. The van der Waals surface area contributed by atoms with E-state index in [2.05, 4.69) is 33.5 Å². The predicted molar refractivity (Wildman–Crippen MR) is 117 cm³/mol. The Labute approximate surface area is 169 Å². The Morgan fingerprint density at radius 3 is 2.65 bits per heavy atom. The summed E-state index contributed by atoms with van der Waals surface area (Å²) in [6, 6.07) is 15.8. The van der Waals surface area contributed by atoms with E-state index in [1.54, 1.807) is 14.2 Å². The summed E-state index contributed by atoms with van der Waals surface area (Å²) in [5, 5.41) is 4.26. The van der Waals surface area contributed by atoms with Crippen molar-refractivity contribution in [2.75, 3.05) is 26.1 Å². The minimum Gasteiger partial charge on any atom is -0.497 e. The Balaban J connectivity index is 0.00000243. The number of ether oxygens (including phenoxy) is 2. The zero-order valence-electron chi connectivity index (χ0n) is 14.8. The van der Waals surface area contributed by atoms with Gasteiger partial charge in [0.1, 0.15) is 11.5 Å². The lowest BCUT2D eigenvalue weighted by Crippen LogP contribution is -2.23. The second-order valence-corrected chi connectivity index (χ2v) is 5.59. The molecule has 0 spiro atoms. The molecule has 138 valence electrons. The first-order valence-corrected chi connectivity index (χ1v) is 8.05. The minimum absolute atomic E-state index is 0. The number of aromatic amines is 1. The zero-order chi connectivity index (χ0) is 17.6. The summed E-state index contributed by atoms with van der Waals surface area (Å²) < 4.78 is 10.5. The van der Waals surface area contributed by atoms with Gasteiger partial charge in [-0.15, -0.1) is 24.0 Å². The van der Waals surface area contributed by atoms with Crippen LogP contribution in [0.1, 0.15) is 5.69 Å². The fourth-order valence-electron chi connectivity index (χ4n) is 2.65. The molecule has 0 fully saturated rings. The number of benzene rings is 2. The van der Waals surface area contributed by atoms with E-state index in [-0.39, 0.29) is 24.0 Å². The molecule has 3 aromatic rings. The van der Waals surface area contributed by atoms with Crippen molar-refractivity contribution in [2.24, 2.45) is 10.7 Å². The van der Waals surface area contributed by atoms with E-state index in [0.717, 1.165) is 17.6 Å². The quantitative estimate of drug-likeness (QED) is 0.294. The third-order valence-corrected chi connectivity index (χ3v) is 3.92. The van der Waals surface area contributed by atoms with Gasteiger partial charge in [-0.25, -0.2) is 0 Å². The largest absolute Gasteiger partial charge is 0.497 e. The van der Waals surface area contributed by atoms with Crippen molar-refractivity contribution in [1.29, 1.82) is 0 Å². The summed E-state index contributed by atoms with van der Waals surface area (Å²) in [5.74, 6) is 1.73. The molecule has 0 aliphatic rings. The maximum absolute atomic E-state index is 5.99. The molecular weight excluding hydrogens is 443 g/mol. The van der Waals surface area contributed by atoms with Gasteiger partial charge in [-0.05, 0) is 29.7 Å². The number of hydrogen-bond donors (Lipinski definition) is 3. The van der Waals surface area contributed by atoms with Crippen LogP contribution in [0.3, 0.4) is 0 Å². The molecule has 0 atom stereocenters. The van der Waals surface area contributed by atoms with Crippen molar-refractivity contribution in [2.45, 2.75) is 6.42 Å². The van der Waals surface area contributed by atoms with Crippen molar-refractivity contribution in [3.63, 3.8) is 0 Å². The van der Waals surface area contributed by atoms with Gasteiger partial charge in [0.15, 0.2) is 5.96 Å². The van der Waals surface area contributed by atoms with Gasteiger partial charge < -0.3 is 25.5 Å². The first-order chi connectivity index (χ1) is 12.2. The van der Waals surface area contributed by atoms with Crippen LogP contribution in [0.4, 0.5) is 5.69 Å². The Morgan fingerprint density at radius 1 is 1.12 bits per heavy atom. The molecular formula is C19H23IN4O2. The van der Waals surface area contributed by atoms with Gasteiger partial charge in [-0.3, -0.25) is 4.99 Å². The van der Waals surface area contributed by atoms with Gasteiger partial charge in [-0.2, -0.15) is 0 Å². The average Bonchev–Trinajstić information content (AvgIpc) is 3.04. The summed E-state index contributed by atoms with van der Waals surface area (Å²) in [7, 11) is 3.22.